The number of amides is 1. The Kier molecular flexibility index (Phi) is 7.12. The van der Waals surface area contributed by atoms with Crippen LogP contribution in [0.4, 0.5) is 5.69 Å². The number of aryl methyl sites for hydroxylation is 1. The molecule has 1 atom stereocenters. The molecule has 1 aliphatic heterocycles. The summed E-state index contributed by atoms with van der Waals surface area (Å²) in [6.07, 6.45) is 0. The molecule has 0 saturated carbocycles. The third kappa shape index (κ3) is 4.75. The highest BCUT2D eigenvalue weighted by Crippen LogP contribution is 2.44. The Morgan fingerprint density at radius 1 is 0.943 bits per heavy atom. The summed E-state index contributed by atoms with van der Waals surface area (Å²) in [6, 6.07) is 18.5. The molecule has 0 radical (unpaired) electrons. The van der Waals surface area contributed by atoms with Crippen LogP contribution in [-0.4, -0.2) is 30.0 Å². The maximum Gasteiger partial charge on any atom is 0.300 e. The predicted molar refractivity (Wildman–Crippen MR) is 136 cm³/mol. The van der Waals surface area contributed by atoms with Crippen LogP contribution in [0.3, 0.4) is 0 Å². The van der Waals surface area contributed by atoms with Gasteiger partial charge in [0.2, 0.25) is 0 Å². The van der Waals surface area contributed by atoms with E-state index in [4.69, 9.17) is 21.1 Å². The molecule has 1 fully saturated rings. The van der Waals surface area contributed by atoms with Gasteiger partial charge in [-0.1, -0.05) is 47.5 Å². The maximum atomic E-state index is 13.4. The zero-order valence-corrected chi connectivity index (χ0v) is 20.5. The number of ether oxygens (including phenoxy) is 2. The van der Waals surface area contributed by atoms with Crippen molar-refractivity contribution >= 4 is 34.7 Å². The van der Waals surface area contributed by atoms with Gasteiger partial charge in [0.25, 0.3) is 11.7 Å². The molecule has 1 N–H and O–H groups in total. The number of hydrogen-bond acceptors (Lipinski definition) is 5. The number of aliphatic hydroxyl groups is 1. The van der Waals surface area contributed by atoms with Gasteiger partial charge in [-0.3, -0.25) is 14.5 Å². The normalized spacial score (nSPS) is 17.0. The molecule has 4 rings (SSSR count). The lowest BCUT2D eigenvalue weighted by Gasteiger charge is -2.26. The van der Waals surface area contributed by atoms with Crippen LogP contribution in [0.5, 0.6) is 11.5 Å². The first-order valence-electron chi connectivity index (χ1n) is 11.4. The largest absolute Gasteiger partial charge is 0.507 e. The summed E-state index contributed by atoms with van der Waals surface area (Å²) in [5, 5.41) is 11.6. The predicted octanol–water partition coefficient (Wildman–Crippen LogP) is 6.07. The minimum atomic E-state index is -0.862. The first-order chi connectivity index (χ1) is 16.8. The molecule has 6 nitrogen and oxygen atoms in total. The second-order valence-corrected chi connectivity index (χ2v) is 8.50. The van der Waals surface area contributed by atoms with Crippen molar-refractivity contribution in [3.63, 3.8) is 0 Å². The van der Waals surface area contributed by atoms with Gasteiger partial charge in [-0.2, -0.15) is 0 Å². The fraction of sp³-hybridized carbons (Fsp3) is 0.214. The second kappa shape index (κ2) is 10.2. The molecule has 1 aliphatic rings. The molecule has 1 amide bonds. The highest BCUT2D eigenvalue weighted by atomic mass is 35.5. The summed E-state index contributed by atoms with van der Waals surface area (Å²) in [6.45, 7) is 6.51. The second-order valence-electron chi connectivity index (χ2n) is 8.09. The molecular formula is C28H26ClNO5. The van der Waals surface area contributed by atoms with Gasteiger partial charge >= 0.3 is 0 Å². The van der Waals surface area contributed by atoms with Gasteiger partial charge in [-0.05, 0) is 56.7 Å². The monoisotopic (exact) mass is 491 g/mol. The molecular weight excluding hydrogens is 466 g/mol. The summed E-state index contributed by atoms with van der Waals surface area (Å²) in [7, 11) is 0. The Balaban J connectivity index is 1.95. The summed E-state index contributed by atoms with van der Waals surface area (Å²) in [5.41, 5.74) is 2.30. The number of Topliss-reactive ketones (excluding diaryl/α,β-unsaturated/α-hetero) is 1. The summed E-state index contributed by atoms with van der Waals surface area (Å²) in [4.78, 5) is 28.2. The van der Waals surface area contributed by atoms with Crippen LogP contribution in [0.15, 0.2) is 72.3 Å². The topological polar surface area (TPSA) is 76.1 Å². The van der Waals surface area contributed by atoms with Crippen LogP contribution >= 0.6 is 11.6 Å². The minimum Gasteiger partial charge on any atom is -0.507 e. The van der Waals surface area contributed by atoms with Gasteiger partial charge < -0.3 is 14.6 Å². The van der Waals surface area contributed by atoms with Crippen molar-refractivity contribution in [1.82, 2.24) is 0 Å². The number of hydrogen-bond donors (Lipinski definition) is 1. The number of carbonyl (C=O) groups is 2. The molecule has 0 spiro atoms. The molecule has 3 aromatic carbocycles. The van der Waals surface area contributed by atoms with Crippen LogP contribution < -0.4 is 14.4 Å². The summed E-state index contributed by atoms with van der Waals surface area (Å²) < 4.78 is 11.2. The molecule has 180 valence electrons. The lowest BCUT2D eigenvalue weighted by Crippen LogP contribution is -2.29. The van der Waals surface area contributed by atoms with Gasteiger partial charge in [-0.25, -0.2) is 0 Å². The van der Waals surface area contributed by atoms with E-state index in [1.807, 2.05) is 45.0 Å². The van der Waals surface area contributed by atoms with Crippen LogP contribution in [0, 0.1) is 6.92 Å². The van der Waals surface area contributed by atoms with E-state index >= 15 is 0 Å². The Morgan fingerprint density at radius 3 is 2.31 bits per heavy atom. The number of ketones is 1. The Bertz CT molecular complexity index is 1320. The van der Waals surface area contributed by atoms with Crippen molar-refractivity contribution in [1.29, 1.82) is 0 Å². The lowest BCUT2D eigenvalue weighted by molar-refractivity contribution is -0.132. The smallest absolute Gasteiger partial charge is 0.300 e. The lowest BCUT2D eigenvalue weighted by atomic mass is 9.94. The van der Waals surface area contributed by atoms with Crippen molar-refractivity contribution in [3.8, 4) is 11.5 Å². The molecule has 3 aromatic rings. The van der Waals surface area contributed by atoms with Gasteiger partial charge in [-0.15, -0.1) is 0 Å². The van der Waals surface area contributed by atoms with Crippen molar-refractivity contribution in [2.45, 2.75) is 26.8 Å². The first kappa shape index (κ1) is 24.4. The van der Waals surface area contributed by atoms with Crippen molar-refractivity contribution in [2.24, 2.45) is 0 Å². The minimum absolute atomic E-state index is 0.0436. The van der Waals surface area contributed by atoms with E-state index in [9.17, 15) is 14.7 Å². The average molecular weight is 492 g/mol. The third-order valence-corrected chi connectivity index (χ3v) is 6.04. The standard InChI is InChI=1S/C28H26ClNO5/c1-4-34-20-11-7-10-19(15-20)30-25(18-9-6-8-17(3)14-18)24(27(32)28(30)33)26(31)22-16-21(35-5-2)12-13-23(22)29/h6-16,25,31H,4-5H2,1-3H3/b26-24+. The zero-order chi connectivity index (χ0) is 25.1. The van der Waals surface area contributed by atoms with Crippen molar-refractivity contribution in [2.75, 3.05) is 18.1 Å². The summed E-state index contributed by atoms with van der Waals surface area (Å²) >= 11 is 6.41. The average Bonchev–Trinajstić information content (AvgIpc) is 3.11. The van der Waals surface area contributed by atoms with E-state index in [1.54, 1.807) is 42.5 Å². The van der Waals surface area contributed by atoms with Gasteiger partial charge in [0.1, 0.15) is 17.3 Å². The Hall–Kier alpha value is -3.77. The molecule has 1 heterocycles. The van der Waals surface area contributed by atoms with Gasteiger partial charge in [0.05, 0.1) is 29.9 Å². The van der Waals surface area contributed by atoms with Gasteiger partial charge in [0.15, 0.2) is 0 Å². The molecule has 0 aromatic heterocycles. The van der Waals surface area contributed by atoms with E-state index < -0.39 is 17.7 Å². The Labute approximate surface area is 209 Å². The first-order valence-corrected chi connectivity index (χ1v) is 11.8. The number of anilines is 1. The molecule has 0 aliphatic carbocycles. The Morgan fingerprint density at radius 2 is 1.63 bits per heavy atom. The number of rotatable bonds is 7. The van der Waals surface area contributed by atoms with E-state index in [-0.39, 0.29) is 21.9 Å². The maximum absolute atomic E-state index is 13.4. The number of nitrogens with zero attached hydrogens (tertiary/aromatic N) is 1. The summed E-state index contributed by atoms with van der Waals surface area (Å²) in [5.74, 6) is -0.839. The van der Waals surface area contributed by atoms with E-state index in [0.717, 1.165) is 5.56 Å². The fourth-order valence-corrected chi connectivity index (χ4v) is 4.44. The molecule has 1 saturated heterocycles. The highest BCUT2D eigenvalue weighted by Gasteiger charge is 2.47. The number of aliphatic hydroxyl groups excluding tert-OH is 1. The molecule has 7 heteroatoms. The number of benzene rings is 3. The molecule has 35 heavy (non-hydrogen) atoms. The number of carbonyl (C=O) groups excluding carboxylic acids is 2. The van der Waals surface area contributed by atoms with Crippen LogP contribution in [0.2, 0.25) is 5.02 Å². The van der Waals surface area contributed by atoms with Crippen LogP contribution in [0.1, 0.15) is 36.6 Å². The SMILES string of the molecule is CCOc1cccc(N2C(=O)C(=O)/C(=C(/O)c3cc(OCC)ccc3Cl)C2c2cccc(C)c2)c1. The molecule has 0 bridgehead atoms. The van der Waals surface area contributed by atoms with Crippen molar-refractivity contribution < 1.29 is 24.2 Å². The van der Waals surface area contributed by atoms with E-state index in [0.29, 0.717) is 36.0 Å². The zero-order valence-electron chi connectivity index (χ0n) is 19.7. The fourth-order valence-electron chi connectivity index (χ4n) is 4.23. The van der Waals surface area contributed by atoms with E-state index in [1.165, 1.54) is 4.90 Å². The van der Waals surface area contributed by atoms with Crippen LogP contribution in [0.25, 0.3) is 5.76 Å². The van der Waals surface area contributed by atoms with Gasteiger partial charge in [0, 0.05) is 17.3 Å². The highest BCUT2D eigenvalue weighted by molar-refractivity contribution is 6.52. The van der Waals surface area contributed by atoms with E-state index in [2.05, 4.69) is 0 Å². The quantitative estimate of drug-likeness (QED) is 0.246. The van der Waals surface area contributed by atoms with Crippen molar-refractivity contribution in [3.05, 3.63) is 94.0 Å². The third-order valence-electron chi connectivity index (χ3n) is 5.71. The van der Waals surface area contributed by atoms with Crippen LogP contribution in [-0.2, 0) is 9.59 Å². The number of halogens is 1. The molecule has 1 unspecified atom stereocenters.